The first-order valence-corrected chi connectivity index (χ1v) is 9.75. The molecular formula is C24H20N4O. The van der Waals surface area contributed by atoms with Crippen LogP contribution in [0.25, 0.3) is 22.2 Å². The van der Waals surface area contributed by atoms with Crippen LogP contribution in [0.4, 0.5) is 0 Å². The molecule has 1 saturated heterocycles. The zero-order valence-corrected chi connectivity index (χ0v) is 15.9. The van der Waals surface area contributed by atoms with Crippen LogP contribution in [-0.4, -0.2) is 27.5 Å². The zero-order chi connectivity index (χ0) is 19.6. The first-order chi connectivity index (χ1) is 14.3. The van der Waals surface area contributed by atoms with E-state index < -0.39 is 0 Å². The molecule has 0 radical (unpaired) electrons. The molecule has 1 atom stereocenters. The molecule has 1 unspecified atom stereocenters. The molecule has 0 saturated carbocycles. The molecule has 5 heteroatoms. The van der Waals surface area contributed by atoms with Crippen molar-refractivity contribution in [2.45, 2.75) is 12.5 Å². The van der Waals surface area contributed by atoms with Crippen LogP contribution < -0.4 is 4.74 Å². The Morgan fingerprint density at radius 2 is 1.76 bits per heavy atom. The second kappa shape index (κ2) is 7.33. The average Bonchev–Trinajstić information content (AvgIpc) is 3.41. The standard InChI is InChI=1S/C24H20N4O/c25-17-27-12-10-20(16-27)28-13-11-23-24(28)14-19(15-26-23)18-6-8-22(9-7-18)29-21-4-2-1-3-5-21/h1-9,11,13-15,20H,10,12,16H2. The number of aromatic nitrogens is 2. The number of nitriles is 1. The molecule has 2 aromatic carbocycles. The van der Waals surface area contributed by atoms with E-state index in [0.29, 0.717) is 6.04 Å². The average molecular weight is 380 g/mol. The van der Waals surface area contributed by atoms with Crippen LogP contribution in [0.1, 0.15) is 12.5 Å². The van der Waals surface area contributed by atoms with E-state index in [1.165, 1.54) is 0 Å². The molecule has 0 spiro atoms. The molecule has 142 valence electrons. The van der Waals surface area contributed by atoms with Gasteiger partial charge in [0, 0.05) is 31.0 Å². The van der Waals surface area contributed by atoms with Gasteiger partial charge in [0.25, 0.3) is 0 Å². The second-order valence-electron chi connectivity index (χ2n) is 7.28. The number of hydrogen-bond donors (Lipinski definition) is 0. The Morgan fingerprint density at radius 1 is 0.966 bits per heavy atom. The Kier molecular flexibility index (Phi) is 4.38. The van der Waals surface area contributed by atoms with Gasteiger partial charge in [-0.05, 0) is 48.4 Å². The van der Waals surface area contributed by atoms with Gasteiger partial charge in [0.1, 0.15) is 11.5 Å². The molecule has 3 heterocycles. The number of likely N-dealkylation sites (tertiary alicyclic amines) is 1. The van der Waals surface area contributed by atoms with Crippen LogP contribution in [-0.2, 0) is 0 Å². The lowest BCUT2D eigenvalue weighted by molar-refractivity contribution is 0.452. The van der Waals surface area contributed by atoms with Gasteiger partial charge in [-0.25, -0.2) is 0 Å². The van der Waals surface area contributed by atoms with E-state index in [1.54, 1.807) is 0 Å². The summed E-state index contributed by atoms with van der Waals surface area (Å²) in [5.74, 6) is 1.63. The summed E-state index contributed by atoms with van der Waals surface area (Å²) >= 11 is 0. The molecule has 1 aliphatic heterocycles. The molecule has 0 N–H and O–H groups in total. The third kappa shape index (κ3) is 3.41. The summed E-state index contributed by atoms with van der Waals surface area (Å²) in [5, 5.41) is 9.15. The fraction of sp³-hybridized carbons (Fsp3) is 0.167. The summed E-state index contributed by atoms with van der Waals surface area (Å²) in [6.45, 7) is 1.58. The van der Waals surface area contributed by atoms with Crippen molar-refractivity contribution in [2.24, 2.45) is 0 Å². The summed E-state index contributed by atoms with van der Waals surface area (Å²) in [5.41, 5.74) is 4.25. The lowest BCUT2D eigenvalue weighted by Gasteiger charge is -2.14. The summed E-state index contributed by atoms with van der Waals surface area (Å²) in [7, 11) is 0. The Morgan fingerprint density at radius 3 is 2.52 bits per heavy atom. The topological polar surface area (TPSA) is 54.1 Å². The van der Waals surface area contributed by atoms with Crippen LogP contribution in [0.5, 0.6) is 11.5 Å². The van der Waals surface area contributed by atoms with Gasteiger partial charge >= 0.3 is 0 Å². The van der Waals surface area contributed by atoms with Gasteiger partial charge in [-0.2, -0.15) is 5.26 Å². The van der Waals surface area contributed by atoms with Crippen molar-refractivity contribution in [1.82, 2.24) is 14.5 Å². The van der Waals surface area contributed by atoms with Crippen molar-refractivity contribution >= 4 is 11.0 Å². The number of nitrogens with zero attached hydrogens (tertiary/aromatic N) is 4. The van der Waals surface area contributed by atoms with Gasteiger partial charge in [0.15, 0.2) is 6.19 Å². The molecule has 1 aliphatic rings. The normalized spacial score (nSPS) is 16.1. The molecule has 2 aromatic heterocycles. The maximum atomic E-state index is 9.15. The fourth-order valence-electron chi connectivity index (χ4n) is 3.91. The minimum atomic E-state index is 0.311. The van der Waals surface area contributed by atoms with Gasteiger partial charge in [-0.1, -0.05) is 30.3 Å². The largest absolute Gasteiger partial charge is 0.457 e. The highest BCUT2D eigenvalue weighted by molar-refractivity contribution is 5.81. The third-order valence-corrected chi connectivity index (χ3v) is 5.43. The van der Waals surface area contributed by atoms with Gasteiger partial charge in [-0.15, -0.1) is 0 Å². The van der Waals surface area contributed by atoms with Crippen molar-refractivity contribution in [1.29, 1.82) is 5.26 Å². The number of pyridine rings is 1. The van der Waals surface area contributed by atoms with E-state index in [2.05, 4.69) is 40.1 Å². The number of para-hydroxylation sites is 1. The van der Waals surface area contributed by atoms with E-state index in [9.17, 15) is 0 Å². The molecule has 5 nitrogen and oxygen atoms in total. The highest BCUT2D eigenvalue weighted by Gasteiger charge is 2.24. The number of fused-ring (bicyclic) bond motifs is 1. The summed E-state index contributed by atoms with van der Waals surface area (Å²) in [4.78, 5) is 6.47. The molecule has 0 aliphatic carbocycles. The predicted molar refractivity (Wildman–Crippen MR) is 113 cm³/mol. The van der Waals surface area contributed by atoms with E-state index >= 15 is 0 Å². The van der Waals surface area contributed by atoms with Crippen molar-refractivity contribution in [2.75, 3.05) is 13.1 Å². The molecule has 0 bridgehead atoms. The Bertz CT molecular complexity index is 1180. The number of benzene rings is 2. The van der Waals surface area contributed by atoms with E-state index in [-0.39, 0.29) is 0 Å². The number of hydrogen-bond acceptors (Lipinski definition) is 4. The predicted octanol–water partition coefficient (Wildman–Crippen LogP) is 5.22. The van der Waals surface area contributed by atoms with Crippen LogP contribution in [0.2, 0.25) is 0 Å². The first-order valence-electron chi connectivity index (χ1n) is 9.75. The maximum Gasteiger partial charge on any atom is 0.179 e. The smallest absolute Gasteiger partial charge is 0.179 e. The van der Waals surface area contributed by atoms with Crippen molar-refractivity contribution in [3.8, 4) is 28.8 Å². The van der Waals surface area contributed by atoms with Gasteiger partial charge in [0.2, 0.25) is 0 Å². The van der Waals surface area contributed by atoms with E-state index in [4.69, 9.17) is 10.00 Å². The van der Waals surface area contributed by atoms with Crippen LogP contribution in [0, 0.1) is 11.5 Å². The highest BCUT2D eigenvalue weighted by Crippen LogP contribution is 2.30. The first kappa shape index (κ1) is 17.3. The van der Waals surface area contributed by atoms with Gasteiger partial charge in [-0.3, -0.25) is 4.98 Å². The minimum absolute atomic E-state index is 0.311. The fourth-order valence-corrected chi connectivity index (χ4v) is 3.91. The van der Waals surface area contributed by atoms with Crippen molar-refractivity contribution in [3.05, 3.63) is 79.1 Å². The molecular weight excluding hydrogens is 360 g/mol. The Hall–Kier alpha value is -3.78. The molecule has 0 amide bonds. The molecule has 1 fully saturated rings. The lowest BCUT2D eigenvalue weighted by atomic mass is 10.1. The highest BCUT2D eigenvalue weighted by atomic mass is 16.5. The van der Waals surface area contributed by atoms with Crippen molar-refractivity contribution in [3.63, 3.8) is 0 Å². The maximum absolute atomic E-state index is 9.15. The van der Waals surface area contributed by atoms with E-state index in [1.807, 2.05) is 59.6 Å². The van der Waals surface area contributed by atoms with E-state index in [0.717, 1.165) is 53.2 Å². The Labute approximate surface area is 169 Å². The lowest BCUT2D eigenvalue weighted by Crippen LogP contribution is -2.15. The molecule has 5 rings (SSSR count). The summed E-state index contributed by atoms with van der Waals surface area (Å²) in [6.07, 6.45) is 7.24. The quantitative estimate of drug-likeness (QED) is 0.455. The minimum Gasteiger partial charge on any atom is -0.457 e. The Balaban J connectivity index is 1.42. The van der Waals surface area contributed by atoms with Gasteiger partial charge in [0.05, 0.1) is 17.1 Å². The summed E-state index contributed by atoms with van der Waals surface area (Å²) < 4.78 is 8.14. The van der Waals surface area contributed by atoms with Crippen LogP contribution in [0.3, 0.4) is 0 Å². The molecule has 4 aromatic rings. The van der Waals surface area contributed by atoms with Crippen LogP contribution >= 0.6 is 0 Å². The van der Waals surface area contributed by atoms with Gasteiger partial charge < -0.3 is 14.2 Å². The second-order valence-corrected chi connectivity index (χ2v) is 7.28. The number of rotatable bonds is 4. The zero-order valence-electron chi connectivity index (χ0n) is 15.9. The van der Waals surface area contributed by atoms with Crippen LogP contribution in [0.15, 0.2) is 79.1 Å². The monoisotopic (exact) mass is 380 g/mol. The third-order valence-electron chi connectivity index (χ3n) is 5.43. The molecule has 29 heavy (non-hydrogen) atoms. The summed E-state index contributed by atoms with van der Waals surface area (Å²) in [6, 6.07) is 22.4. The SMILES string of the molecule is N#CN1CCC(n2ccc3ncc(-c4ccc(Oc5ccccc5)cc4)cc32)C1. The number of ether oxygens (including phenoxy) is 1. The van der Waals surface area contributed by atoms with Crippen molar-refractivity contribution < 1.29 is 4.74 Å².